The normalized spacial score (nSPS) is 12.1. The van der Waals surface area contributed by atoms with Crippen molar-refractivity contribution in [2.75, 3.05) is 32.5 Å². The first-order valence-corrected chi connectivity index (χ1v) is 11.9. The molecule has 0 aliphatic carbocycles. The summed E-state index contributed by atoms with van der Waals surface area (Å²) in [5.74, 6) is -0.834. The molecule has 0 saturated heterocycles. The summed E-state index contributed by atoms with van der Waals surface area (Å²) in [4.78, 5) is 14.0. The average Bonchev–Trinajstić information content (AvgIpc) is 3.18. The fourth-order valence-electron chi connectivity index (χ4n) is 2.92. The maximum atomic E-state index is 13.7. The van der Waals surface area contributed by atoms with Crippen LogP contribution in [0.25, 0.3) is 5.69 Å². The molecule has 0 bridgehead atoms. The van der Waals surface area contributed by atoms with Gasteiger partial charge in [-0.3, -0.25) is 5.32 Å². The Bertz CT molecular complexity index is 1300. The SMILES string of the molecule is CN(C)CCNS(=O)(=O)c1cccc(NC(=O)Oc2cnn(-c3ccc(Cl)cc3)c2C(F)(F)F)c1. The molecule has 0 fully saturated rings. The van der Waals surface area contributed by atoms with Gasteiger partial charge in [0.15, 0.2) is 11.4 Å². The van der Waals surface area contributed by atoms with Crippen LogP contribution in [0.2, 0.25) is 5.02 Å². The van der Waals surface area contributed by atoms with Crippen LogP contribution in [0, 0.1) is 0 Å². The lowest BCUT2D eigenvalue weighted by Gasteiger charge is -2.13. The van der Waals surface area contributed by atoms with Gasteiger partial charge in [0.2, 0.25) is 10.0 Å². The molecule has 3 rings (SSSR count). The Morgan fingerprint density at radius 2 is 1.86 bits per heavy atom. The highest BCUT2D eigenvalue weighted by Crippen LogP contribution is 2.38. The summed E-state index contributed by atoms with van der Waals surface area (Å²) in [6.45, 7) is 0.627. The Labute approximate surface area is 204 Å². The van der Waals surface area contributed by atoms with Crippen LogP contribution in [0.1, 0.15) is 5.69 Å². The Kier molecular flexibility index (Phi) is 8.05. The molecule has 35 heavy (non-hydrogen) atoms. The Morgan fingerprint density at radius 1 is 1.17 bits per heavy atom. The van der Waals surface area contributed by atoms with Gasteiger partial charge in [0.25, 0.3) is 0 Å². The van der Waals surface area contributed by atoms with Gasteiger partial charge >= 0.3 is 12.3 Å². The van der Waals surface area contributed by atoms with Crippen LogP contribution in [0.5, 0.6) is 5.75 Å². The third kappa shape index (κ3) is 6.94. The number of alkyl halides is 3. The lowest BCUT2D eigenvalue weighted by Crippen LogP contribution is -2.31. The van der Waals surface area contributed by atoms with Crippen molar-refractivity contribution in [2.24, 2.45) is 0 Å². The molecule has 1 aromatic heterocycles. The predicted molar refractivity (Wildman–Crippen MR) is 123 cm³/mol. The van der Waals surface area contributed by atoms with Crippen molar-refractivity contribution in [2.45, 2.75) is 11.1 Å². The number of aromatic nitrogens is 2. The van der Waals surface area contributed by atoms with Gasteiger partial charge in [-0.15, -0.1) is 0 Å². The monoisotopic (exact) mass is 531 g/mol. The zero-order chi connectivity index (χ0) is 25.8. The standard InChI is InChI=1S/C21H21ClF3N5O4S/c1-29(2)11-10-27-35(32,33)17-5-3-4-15(12-17)28-20(31)34-18-13-26-30(19(18)21(23,24)25)16-8-6-14(22)7-9-16/h3-9,12-13,27H,10-11H2,1-2H3,(H,28,31). The number of carbonyl (C=O) groups is 1. The van der Waals surface area contributed by atoms with Crippen molar-refractivity contribution < 1.29 is 31.1 Å². The highest BCUT2D eigenvalue weighted by molar-refractivity contribution is 7.89. The average molecular weight is 532 g/mol. The number of hydrogen-bond acceptors (Lipinski definition) is 6. The van der Waals surface area contributed by atoms with Gasteiger partial charge in [0.05, 0.1) is 16.8 Å². The quantitative estimate of drug-likeness (QED) is 0.455. The third-order valence-electron chi connectivity index (χ3n) is 4.52. The minimum absolute atomic E-state index is 0.00383. The van der Waals surface area contributed by atoms with Crippen molar-refractivity contribution in [1.82, 2.24) is 19.4 Å². The number of nitrogens with zero attached hydrogens (tertiary/aromatic N) is 3. The lowest BCUT2D eigenvalue weighted by molar-refractivity contribution is -0.143. The summed E-state index contributed by atoms with van der Waals surface area (Å²) in [7, 11) is -0.299. The molecular formula is C21H21ClF3N5O4S. The number of benzene rings is 2. The smallest absolute Gasteiger partial charge is 0.406 e. The molecule has 1 heterocycles. The molecule has 0 aliphatic heterocycles. The molecule has 0 radical (unpaired) electrons. The van der Waals surface area contributed by atoms with E-state index in [1.807, 2.05) is 0 Å². The molecule has 9 nitrogen and oxygen atoms in total. The first-order valence-electron chi connectivity index (χ1n) is 10.0. The number of ether oxygens (including phenoxy) is 1. The maximum Gasteiger partial charge on any atom is 0.437 e. The van der Waals surface area contributed by atoms with Crippen LogP contribution in [-0.2, 0) is 16.2 Å². The summed E-state index contributed by atoms with van der Waals surface area (Å²) in [5, 5.41) is 6.24. The number of hydrogen-bond donors (Lipinski definition) is 2. The van der Waals surface area contributed by atoms with E-state index in [0.717, 1.165) is 12.3 Å². The number of amides is 1. The van der Waals surface area contributed by atoms with Gasteiger partial charge in [0, 0.05) is 23.8 Å². The summed E-state index contributed by atoms with van der Waals surface area (Å²) in [6.07, 6.45) is -5.41. The van der Waals surface area contributed by atoms with Crippen LogP contribution in [0.3, 0.4) is 0 Å². The lowest BCUT2D eigenvalue weighted by atomic mass is 10.3. The van der Waals surface area contributed by atoms with Gasteiger partial charge in [-0.05, 0) is 56.6 Å². The second-order valence-corrected chi connectivity index (χ2v) is 9.69. The molecule has 1 amide bonds. The molecule has 0 aliphatic rings. The van der Waals surface area contributed by atoms with Gasteiger partial charge in [-0.2, -0.15) is 18.3 Å². The molecular weight excluding hydrogens is 511 g/mol. The van der Waals surface area contributed by atoms with E-state index in [-0.39, 0.29) is 22.8 Å². The fourth-order valence-corrected chi connectivity index (χ4v) is 4.11. The molecule has 3 aromatic rings. The van der Waals surface area contributed by atoms with Crippen molar-refractivity contribution in [1.29, 1.82) is 0 Å². The highest BCUT2D eigenvalue weighted by Gasteiger charge is 2.40. The van der Waals surface area contributed by atoms with E-state index in [1.165, 1.54) is 42.5 Å². The van der Waals surface area contributed by atoms with Gasteiger partial charge in [-0.1, -0.05) is 17.7 Å². The summed E-state index contributed by atoms with van der Waals surface area (Å²) < 4.78 is 74.0. The van der Waals surface area contributed by atoms with Crippen molar-refractivity contribution in [3.05, 3.63) is 65.4 Å². The Hall–Kier alpha value is -3.13. The number of sulfonamides is 1. The van der Waals surface area contributed by atoms with E-state index in [9.17, 15) is 26.4 Å². The van der Waals surface area contributed by atoms with Gasteiger partial charge in [-0.25, -0.2) is 22.6 Å². The van der Waals surface area contributed by atoms with Crippen LogP contribution in [-0.4, -0.2) is 56.4 Å². The van der Waals surface area contributed by atoms with E-state index in [4.69, 9.17) is 16.3 Å². The number of carbonyl (C=O) groups excluding carboxylic acids is 1. The fraction of sp³-hybridized carbons (Fsp3) is 0.238. The van der Waals surface area contributed by atoms with Crippen LogP contribution in [0.4, 0.5) is 23.7 Å². The van der Waals surface area contributed by atoms with Gasteiger partial charge < -0.3 is 9.64 Å². The second-order valence-electron chi connectivity index (χ2n) is 7.49. The minimum Gasteiger partial charge on any atom is -0.406 e. The first-order chi connectivity index (χ1) is 16.4. The van der Waals surface area contributed by atoms with Crippen molar-refractivity contribution in [3.63, 3.8) is 0 Å². The summed E-state index contributed by atoms with van der Waals surface area (Å²) >= 11 is 5.78. The topological polar surface area (TPSA) is 106 Å². The Morgan fingerprint density at radius 3 is 2.49 bits per heavy atom. The minimum atomic E-state index is -4.90. The van der Waals surface area contributed by atoms with Gasteiger partial charge in [0.1, 0.15) is 0 Å². The first kappa shape index (κ1) is 26.5. The zero-order valence-electron chi connectivity index (χ0n) is 18.5. The number of rotatable bonds is 8. The molecule has 0 unspecified atom stereocenters. The number of likely N-dealkylation sites (N-methyl/N-ethyl adjacent to an activating group) is 1. The molecule has 188 valence electrons. The van der Waals surface area contributed by atoms with E-state index in [0.29, 0.717) is 16.2 Å². The molecule has 14 heteroatoms. The number of halogens is 4. The highest BCUT2D eigenvalue weighted by atomic mass is 35.5. The third-order valence-corrected chi connectivity index (χ3v) is 6.23. The second kappa shape index (κ2) is 10.6. The van der Waals surface area contributed by atoms with Crippen molar-refractivity contribution >= 4 is 33.4 Å². The largest absolute Gasteiger partial charge is 0.437 e. The Balaban J connectivity index is 1.78. The molecule has 2 N–H and O–H groups in total. The molecule has 2 aromatic carbocycles. The summed E-state index contributed by atoms with van der Waals surface area (Å²) in [6, 6.07) is 10.6. The van der Waals surface area contributed by atoms with E-state index in [1.54, 1.807) is 19.0 Å². The molecule has 0 saturated carbocycles. The predicted octanol–water partition coefficient (Wildman–Crippen LogP) is 4.00. The maximum absolute atomic E-state index is 13.7. The molecule has 0 spiro atoms. The van der Waals surface area contributed by atoms with E-state index >= 15 is 0 Å². The van der Waals surface area contributed by atoms with Crippen molar-refractivity contribution in [3.8, 4) is 11.4 Å². The summed E-state index contributed by atoms with van der Waals surface area (Å²) in [5.41, 5.74) is -1.25. The zero-order valence-corrected chi connectivity index (χ0v) is 20.1. The van der Waals surface area contributed by atoms with E-state index in [2.05, 4.69) is 15.1 Å². The van der Waals surface area contributed by atoms with Crippen LogP contribution in [0.15, 0.2) is 59.6 Å². The number of anilines is 1. The van der Waals surface area contributed by atoms with Crippen LogP contribution < -0.4 is 14.8 Å². The van der Waals surface area contributed by atoms with Crippen LogP contribution >= 0.6 is 11.6 Å². The number of nitrogens with one attached hydrogen (secondary N) is 2. The molecule has 0 atom stereocenters. The van der Waals surface area contributed by atoms with E-state index < -0.39 is 33.7 Å².